The molecule has 1 aromatic carbocycles. The van der Waals surface area contributed by atoms with Crippen LogP contribution in [0.15, 0.2) is 22.6 Å². The molecular formula is C16H21NO3. The normalized spacial score (nSPS) is 12.6. The molecular weight excluding hydrogens is 254 g/mol. The lowest BCUT2D eigenvalue weighted by atomic mass is 10.1. The summed E-state index contributed by atoms with van der Waals surface area (Å²) >= 11 is 0. The van der Waals surface area contributed by atoms with Crippen LogP contribution >= 0.6 is 0 Å². The monoisotopic (exact) mass is 275 g/mol. The molecule has 1 heterocycles. The number of hydrogen-bond acceptors (Lipinski definition) is 3. The zero-order valence-corrected chi connectivity index (χ0v) is 12.2. The van der Waals surface area contributed by atoms with Gasteiger partial charge in [0.05, 0.1) is 0 Å². The van der Waals surface area contributed by atoms with E-state index in [1.165, 1.54) is 0 Å². The summed E-state index contributed by atoms with van der Waals surface area (Å²) in [5, 5.41) is 12.7. The Bertz CT molecular complexity index is 615. The Balaban J connectivity index is 2.18. The van der Waals surface area contributed by atoms with Gasteiger partial charge >= 0.3 is 0 Å². The summed E-state index contributed by atoms with van der Waals surface area (Å²) in [6.45, 7) is 6.54. The van der Waals surface area contributed by atoms with E-state index in [2.05, 4.69) is 5.32 Å². The third-order valence-electron chi connectivity index (χ3n) is 3.60. The van der Waals surface area contributed by atoms with Gasteiger partial charge in [0.2, 0.25) is 0 Å². The number of carbonyl (C=O) groups is 1. The molecule has 1 aromatic heterocycles. The van der Waals surface area contributed by atoms with Crippen LogP contribution in [0.4, 0.5) is 0 Å². The molecule has 0 fully saturated rings. The van der Waals surface area contributed by atoms with Crippen LogP contribution in [0.1, 0.15) is 35.0 Å². The molecule has 0 aliphatic heterocycles. The highest BCUT2D eigenvalue weighted by atomic mass is 16.3. The van der Waals surface area contributed by atoms with Crippen LogP contribution in [0.5, 0.6) is 0 Å². The predicted molar refractivity (Wildman–Crippen MR) is 78.9 cm³/mol. The van der Waals surface area contributed by atoms with Gasteiger partial charge in [0.15, 0.2) is 5.76 Å². The van der Waals surface area contributed by atoms with Crippen molar-refractivity contribution in [3.8, 4) is 0 Å². The van der Waals surface area contributed by atoms with Crippen molar-refractivity contribution in [3.05, 3.63) is 35.1 Å². The van der Waals surface area contributed by atoms with E-state index in [9.17, 15) is 4.79 Å². The summed E-state index contributed by atoms with van der Waals surface area (Å²) in [7, 11) is 0. The number of aliphatic hydroxyl groups excluding tert-OH is 1. The van der Waals surface area contributed by atoms with E-state index in [0.717, 1.165) is 22.1 Å². The third-order valence-corrected chi connectivity index (χ3v) is 3.60. The molecule has 0 saturated carbocycles. The molecule has 0 aliphatic rings. The first-order valence-electron chi connectivity index (χ1n) is 6.92. The average Bonchev–Trinajstić information content (AvgIpc) is 2.76. The lowest BCUT2D eigenvalue weighted by Crippen LogP contribution is -2.28. The van der Waals surface area contributed by atoms with Crippen molar-refractivity contribution in [1.29, 1.82) is 0 Å². The summed E-state index contributed by atoms with van der Waals surface area (Å²) in [6, 6.07) is 5.90. The first-order chi connectivity index (χ1) is 9.54. The van der Waals surface area contributed by atoms with Crippen molar-refractivity contribution >= 4 is 16.9 Å². The predicted octanol–water partition coefficient (Wildman–Crippen LogP) is 2.80. The van der Waals surface area contributed by atoms with E-state index in [1.807, 2.05) is 39.0 Å². The number of fused-ring (bicyclic) bond motifs is 1. The zero-order valence-electron chi connectivity index (χ0n) is 12.2. The second-order valence-corrected chi connectivity index (χ2v) is 5.34. The topological polar surface area (TPSA) is 62.5 Å². The van der Waals surface area contributed by atoms with Gasteiger partial charge in [-0.15, -0.1) is 0 Å². The van der Waals surface area contributed by atoms with Gasteiger partial charge in [0.1, 0.15) is 5.58 Å². The number of benzene rings is 1. The van der Waals surface area contributed by atoms with Crippen molar-refractivity contribution in [2.24, 2.45) is 5.92 Å². The molecule has 4 heteroatoms. The summed E-state index contributed by atoms with van der Waals surface area (Å²) in [4.78, 5) is 12.2. The fourth-order valence-electron chi connectivity index (χ4n) is 2.27. The minimum absolute atomic E-state index is 0.139. The fraction of sp³-hybridized carbons (Fsp3) is 0.438. The van der Waals surface area contributed by atoms with Gasteiger partial charge in [-0.3, -0.25) is 4.79 Å². The Morgan fingerprint density at radius 3 is 2.80 bits per heavy atom. The lowest BCUT2D eigenvalue weighted by Gasteiger charge is -2.10. The van der Waals surface area contributed by atoms with E-state index in [0.29, 0.717) is 18.7 Å². The highest BCUT2D eigenvalue weighted by molar-refractivity contribution is 5.99. The van der Waals surface area contributed by atoms with Crippen molar-refractivity contribution in [1.82, 2.24) is 5.32 Å². The molecule has 0 bridgehead atoms. The maximum absolute atomic E-state index is 12.2. The fourth-order valence-corrected chi connectivity index (χ4v) is 2.27. The van der Waals surface area contributed by atoms with E-state index in [4.69, 9.17) is 9.52 Å². The van der Waals surface area contributed by atoms with Gasteiger partial charge in [0.25, 0.3) is 5.91 Å². The molecule has 2 aromatic rings. The average molecular weight is 275 g/mol. The molecule has 1 unspecified atom stereocenters. The Kier molecular flexibility index (Phi) is 4.45. The smallest absolute Gasteiger partial charge is 0.287 e. The van der Waals surface area contributed by atoms with Gasteiger partial charge in [-0.05, 0) is 31.7 Å². The van der Waals surface area contributed by atoms with Crippen molar-refractivity contribution < 1.29 is 14.3 Å². The van der Waals surface area contributed by atoms with Crippen LogP contribution in [-0.2, 0) is 0 Å². The molecule has 1 amide bonds. The van der Waals surface area contributed by atoms with Gasteiger partial charge < -0.3 is 14.8 Å². The van der Waals surface area contributed by atoms with Crippen molar-refractivity contribution in [2.75, 3.05) is 13.2 Å². The SMILES string of the molecule is Cc1c(C(=O)NCC(C)CCO)oc2c(C)cccc12. The molecule has 108 valence electrons. The number of hydrogen-bond donors (Lipinski definition) is 2. The molecule has 0 spiro atoms. The summed E-state index contributed by atoms with van der Waals surface area (Å²) in [6.07, 6.45) is 0.679. The maximum atomic E-state index is 12.2. The first kappa shape index (κ1) is 14.6. The van der Waals surface area contributed by atoms with Crippen molar-refractivity contribution in [3.63, 3.8) is 0 Å². The molecule has 4 nitrogen and oxygen atoms in total. The Hall–Kier alpha value is -1.81. The molecule has 20 heavy (non-hydrogen) atoms. The molecule has 1 atom stereocenters. The van der Waals surface area contributed by atoms with Gasteiger partial charge in [0, 0.05) is 24.1 Å². The van der Waals surface area contributed by atoms with E-state index >= 15 is 0 Å². The molecule has 2 N–H and O–H groups in total. The Morgan fingerprint density at radius 2 is 2.15 bits per heavy atom. The highest BCUT2D eigenvalue weighted by Crippen LogP contribution is 2.27. The Morgan fingerprint density at radius 1 is 1.40 bits per heavy atom. The van der Waals surface area contributed by atoms with E-state index < -0.39 is 0 Å². The number of carbonyl (C=O) groups excluding carboxylic acids is 1. The van der Waals surface area contributed by atoms with Crippen LogP contribution in [-0.4, -0.2) is 24.2 Å². The number of para-hydroxylation sites is 1. The quantitative estimate of drug-likeness (QED) is 0.882. The molecule has 0 saturated heterocycles. The lowest BCUT2D eigenvalue weighted by molar-refractivity contribution is 0.0919. The van der Waals surface area contributed by atoms with E-state index in [-0.39, 0.29) is 18.4 Å². The third kappa shape index (κ3) is 2.85. The van der Waals surface area contributed by atoms with Crippen molar-refractivity contribution in [2.45, 2.75) is 27.2 Å². The number of nitrogens with one attached hydrogen (secondary N) is 1. The highest BCUT2D eigenvalue weighted by Gasteiger charge is 2.18. The molecule has 0 aliphatic carbocycles. The van der Waals surface area contributed by atoms with Gasteiger partial charge in [-0.1, -0.05) is 25.1 Å². The van der Waals surface area contributed by atoms with Crippen LogP contribution in [0.3, 0.4) is 0 Å². The first-order valence-corrected chi connectivity index (χ1v) is 6.92. The van der Waals surface area contributed by atoms with Gasteiger partial charge in [-0.2, -0.15) is 0 Å². The van der Waals surface area contributed by atoms with Crippen LogP contribution in [0.25, 0.3) is 11.0 Å². The number of furan rings is 1. The standard InChI is InChI=1S/C16H21NO3/c1-10(7-8-18)9-17-16(19)15-12(3)13-6-4-5-11(2)14(13)20-15/h4-6,10,18H,7-9H2,1-3H3,(H,17,19). The summed E-state index contributed by atoms with van der Waals surface area (Å²) < 4.78 is 5.72. The number of aliphatic hydroxyl groups is 1. The minimum atomic E-state index is -0.192. The summed E-state index contributed by atoms with van der Waals surface area (Å²) in [5.74, 6) is 0.434. The van der Waals surface area contributed by atoms with Crippen LogP contribution < -0.4 is 5.32 Å². The van der Waals surface area contributed by atoms with Gasteiger partial charge in [-0.25, -0.2) is 0 Å². The van der Waals surface area contributed by atoms with Crippen LogP contribution in [0.2, 0.25) is 0 Å². The summed E-state index contributed by atoms with van der Waals surface area (Å²) in [5.41, 5.74) is 2.67. The van der Waals surface area contributed by atoms with Crippen LogP contribution in [0, 0.1) is 19.8 Å². The number of amides is 1. The maximum Gasteiger partial charge on any atom is 0.287 e. The van der Waals surface area contributed by atoms with E-state index in [1.54, 1.807) is 0 Å². The minimum Gasteiger partial charge on any atom is -0.450 e. The Labute approximate surface area is 118 Å². The largest absolute Gasteiger partial charge is 0.450 e. The molecule has 2 rings (SSSR count). The number of rotatable bonds is 5. The zero-order chi connectivity index (χ0) is 14.7. The molecule has 0 radical (unpaired) electrons. The second-order valence-electron chi connectivity index (χ2n) is 5.34. The number of aryl methyl sites for hydroxylation is 2. The second kappa shape index (κ2) is 6.09.